The standard InChI is InChI=1S/C6H5BrO2/c7-6-5-4(3-9-6)1-2-8-5/h3H,1-2H2. The summed E-state index contributed by atoms with van der Waals surface area (Å²) in [7, 11) is 0. The van der Waals surface area contributed by atoms with Crippen molar-refractivity contribution in [1.82, 2.24) is 0 Å². The molecule has 2 rings (SSSR count). The summed E-state index contributed by atoms with van der Waals surface area (Å²) in [5.74, 6) is 0.884. The van der Waals surface area contributed by atoms with E-state index in [0.717, 1.165) is 23.4 Å². The van der Waals surface area contributed by atoms with Crippen molar-refractivity contribution in [2.24, 2.45) is 0 Å². The van der Waals surface area contributed by atoms with Gasteiger partial charge in [0.25, 0.3) is 0 Å². The normalized spacial score (nSPS) is 15.2. The van der Waals surface area contributed by atoms with Gasteiger partial charge in [0.2, 0.25) is 4.67 Å². The van der Waals surface area contributed by atoms with Gasteiger partial charge in [-0.15, -0.1) is 0 Å². The van der Waals surface area contributed by atoms with E-state index in [0.29, 0.717) is 0 Å². The number of rotatable bonds is 0. The van der Waals surface area contributed by atoms with Crippen LogP contribution in [0, 0.1) is 0 Å². The summed E-state index contributed by atoms with van der Waals surface area (Å²) in [6.07, 6.45) is 2.71. The first-order chi connectivity index (χ1) is 4.38. The molecule has 0 radical (unpaired) electrons. The van der Waals surface area contributed by atoms with E-state index in [1.54, 1.807) is 6.26 Å². The second-order valence-electron chi connectivity index (χ2n) is 1.96. The van der Waals surface area contributed by atoms with Crippen LogP contribution >= 0.6 is 15.9 Å². The summed E-state index contributed by atoms with van der Waals surface area (Å²) in [5.41, 5.74) is 1.17. The Labute approximate surface area is 60.9 Å². The van der Waals surface area contributed by atoms with Gasteiger partial charge in [0, 0.05) is 12.0 Å². The van der Waals surface area contributed by atoms with E-state index in [1.807, 2.05) is 0 Å². The molecule has 3 heteroatoms. The molecular formula is C6H5BrO2. The molecule has 0 spiro atoms. The number of fused-ring (bicyclic) bond motifs is 1. The van der Waals surface area contributed by atoms with Gasteiger partial charge in [-0.05, 0) is 15.9 Å². The summed E-state index contributed by atoms with van der Waals surface area (Å²) in [4.78, 5) is 0. The average molecular weight is 189 g/mol. The summed E-state index contributed by atoms with van der Waals surface area (Å²) < 4.78 is 11.0. The second-order valence-corrected chi connectivity index (χ2v) is 2.68. The third-order valence-electron chi connectivity index (χ3n) is 1.39. The molecule has 1 aromatic heterocycles. The lowest BCUT2D eigenvalue weighted by Gasteiger charge is -1.90. The first kappa shape index (κ1) is 5.35. The number of halogens is 1. The van der Waals surface area contributed by atoms with E-state index in [9.17, 15) is 0 Å². The van der Waals surface area contributed by atoms with Crippen molar-refractivity contribution in [3.63, 3.8) is 0 Å². The van der Waals surface area contributed by atoms with Crippen LogP contribution in [0.5, 0.6) is 5.75 Å². The minimum atomic E-state index is 0.718. The highest BCUT2D eigenvalue weighted by Crippen LogP contribution is 2.34. The molecule has 0 unspecified atom stereocenters. The fraction of sp³-hybridized carbons (Fsp3) is 0.333. The molecule has 0 aromatic carbocycles. The zero-order chi connectivity index (χ0) is 6.27. The Balaban J connectivity index is 2.56. The summed E-state index contributed by atoms with van der Waals surface area (Å²) in [6.45, 7) is 0.791. The highest BCUT2D eigenvalue weighted by atomic mass is 79.9. The van der Waals surface area contributed by atoms with Crippen LogP contribution in [0.3, 0.4) is 0 Å². The Morgan fingerprint density at radius 1 is 1.56 bits per heavy atom. The molecule has 0 bridgehead atoms. The van der Waals surface area contributed by atoms with Crippen molar-refractivity contribution in [1.29, 1.82) is 0 Å². The molecule has 48 valence electrons. The number of hydrogen-bond acceptors (Lipinski definition) is 2. The molecule has 0 saturated carbocycles. The molecule has 0 amide bonds. The van der Waals surface area contributed by atoms with Crippen molar-refractivity contribution < 1.29 is 9.15 Å². The van der Waals surface area contributed by atoms with Crippen LogP contribution < -0.4 is 4.74 Å². The van der Waals surface area contributed by atoms with Gasteiger partial charge in [0.15, 0.2) is 5.75 Å². The Morgan fingerprint density at radius 2 is 2.44 bits per heavy atom. The van der Waals surface area contributed by atoms with Crippen LogP contribution in [0.1, 0.15) is 5.56 Å². The lowest BCUT2D eigenvalue weighted by molar-refractivity contribution is 0.340. The zero-order valence-electron chi connectivity index (χ0n) is 4.69. The van der Waals surface area contributed by atoms with E-state index in [1.165, 1.54) is 5.56 Å². The monoisotopic (exact) mass is 188 g/mol. The zero-order valence-corrected chi connectivity index (χ0v) is 6.27. The van der Waals surface area contributed by atoms with Crippen LogP contribution in [-0.2, 0) is 6.42 Å². The summed E-state index contributed by atoms with van der Waals surface area (Å²) in [5, 5.41) is 0. The first-order valence-electron chi connectivity index (χ1n) is 2.76. The maximum absolute atomic E-state index is 5.23. The molecule has 0 atom stereocenters. The predicted molar refractivity (Wildman–Crippen MR) is 35.6 cm³/mol. The molecule has 0 saturated heterocycles. The molecule has 2 heterocycles. The van der Waals surface area contributed by atoms with Gasteiger partial charge in [0.1, 0.15) is 0 Å². The Bertz CT molecular complexity index is 229. The number of hydrogen-bond donors (Lipinski definition) is 0. The Kier molecular flexibility index (Phi) is 1.05. The van der Waals surface area contributed by atoms with Gasteiger partial charge in [-0.2, -0.15) is 0 Å². The molecule has 1 aromatic rings. The maximum Gasteiger partial charge on any atom is 0.211 e. The molecule has 1 aliphatic heterocycles. The van der Waals surface area contributed by atoms with Gasteiger partial charge in [-0.1, -0.05) is 0 Å². The first-order valence-corrected chi connectivity index (χ1v) is 3.56. The second kappa shape index (κ2) is 1.77. The minimum absolute atomic E-state index is 0.718. The van der Waals surface area contributed by atoms with Crippen LogP contribution in [0.25, 0.3) is 0 Å². The molecule has 1 aliphatic rings. The van der Waals surface area contributed by atoms with Crippen molar-refractivity contribution >= 4 is 15.9 Å². The molecule has 0 N–H and O–H groups in total. The van der Waals surface area contributed by atoms with E-state index in [-0.39, 0.29) is 0 Å². The van der Waals surface area contributed by atoms with Crippen molar-refractivity contribution in [2.75, 3.05) is 6.61 Å². The van der Waals surface area contributed by atoms with E-state index in [4.69, 9.17) is 9.15 Å². The van der Waals surface area contributed by atoms with Gasteiger partial charge in [-0.3, -0.25) is 0 Å². The topological polar surface area (TPSA) is 22.4 Å². The van der Waals surface area contributed by atoms with E-state index < -0.39 is 0 Å². The van der Waals surface area contributed by atoms with Crippen LogP contribution in [0.4, 0.5) is 0 Å². The van der Waals surface area contributed by atoms with Gasteiger partial charge >= 0.3 is 0 Å². The lowest BCUT2D eigenvalue weighted by atomic mass is 10.3. The maximum atomic E-state index is 5.23. The summed E-state index contributed by atoms with van der Waals surface area (Å²) >= 11 is 3.23. The fourth-order valence-corrected chi connectivity index (χ4v) is 1.40. The van der Waals surface area contributed by atoms with E-state index >= 15 is 0 Å². The Morgan fingerprint density at radius 3 is 3.22 bits per heavy atom. The Hall–Kier alpha value is -0.440. The molecular weight excluding hydrogens is 184 g/mol. The molecule has 2 nitrogen and oxygen atoms in total. The quantitative estimate of drug-likeness (QED) is 0.622. The van der Waals surface area contributed by atoms with Crippen molar-refractivity contribution in [3.8, 4) is 5.75 Å². The highest BCUT2D eigenvalue weighted by Gasteiger charge is 2.18. The number of furan rings is 1. The lowest BCUT2D eigenvalue weighted by Crippen LogP contribution is -1.87. The smallest absolute Gasteiger partial charge is 0.211 e. The van der Waals surface area contributed by atoms with Crippen molar-refractivity contribution in [2.45, 2.75) is 6.42 Å². The van der Waals surface area contributed by atoms with Crippen LogP contribution in [0.2, 0.25) is 0 Å². The number of ether oxygens (including phenoxy) is 1. The average Bonchev–Trinajstić information content (AvgIpc) is 2.35. The minimum Gasteiger partial charge on any atom is -0.488 e. The van der Waals surface area contributed by atoms with Gasteiger partial charge in [-0.25, -0.2) is 0 Å². The van der Waals surface area contributed by atoms with Crippen LogP contribution in [0.15, 0.2) is 15.3 Å². The summed E-state index contributed by atoms with van der Waals surface area (Å²) in [6, 6.07) is 0. The third-order valence-corrected chi connectivity index (χ3v) is 1.94. The molecule has 9 heavy (non-hydrogen) atoms. The molecule has 0 aliphatic carbocycles. The SMILES string of the molecule is Brc1occ2c1OCC2. The highest BCUT2D eigenvalue weighted by molar-refractivity contribution is 9.10. The fourth-order valence-electron chi connectivity index (χ4n) is 0.941. The van der Waals surface area contributed by atoms with Crippen LogP contribution in [-0.4, -0.2) is 6.61 Å². The van der Waals surface area contributed by atoms with E-state index in [2.05, 4.69) is 15.9 Å². The van der Waals surface area contributed by atoms with Crippen molar-refractivity contribution in [3.05, 3.63) is 16.5 Å². The molecule has 0 fully saturated rings. The third kappa shape index (κ3) is 0.678. The predicted octanol–water partition coefficient (Wildman–Crippen LogP) is 1.98. The largest absolute Gasteiger partial charge is 0.488 e. The van der Waals surface area contributed by atoms with Gasteiger partial charge < -0.3 is 9.15 Å². The van der Waals surface area contributed by atoms with Gasteiger partial charge in [0.05, 0.1) is 12.9 Å².